The van der Waals surface area contributed by atoms with E-state index in [1.54, 1.807) is 6.92 Å². The molecule has 0 amide bonds. The van der Waals surface area contributed by atoms with Crippen LogP contribution < -0.4 is 0 Å². The number of aliphatic hydroxyl groups is 1. The number of carbonyl (C=O) groups excluding carboxylic acids is 1. The highest BCUT2D eigenvalue weighted by atomic mass is 16.6. The fourth-order valence-electron chi connectivity index (χ4n) is 1.16. The minimum atomic E-state index is -0.370. The van der Waals surface area contributed by atoms with Crippen molar-refractivity contribution in [3.8, 4) is 0 Å². The molecule has 0 bridgehead atoms. The van der Waals surface area contributed by atoms with E-state index in [-0.39, 0.29) is 31.4 Å². The van der Waals surface area contributed by atoms with Crippen LogP contribution in [0.15, 0.2) is 0 Å². The molecule has 0 aliphatic carbocycles. The van der Waals surface area contributed by atoms with Crippen LogP contribution in [0.3, 0.4) is 0 Å². The number of ether oxygens (including phenoxy) is 4. The Morgan fingerprint density at radius 2 is 1.72 bits per heavy atom. The third-order valence-corrected chi connectivity index (χ3v) is 2.27. The van der Waals surface area contributed by atoms with Gasteiger partial charge in [0.2, 0.25) is 0 Å². The summed E-state index contributed by atoms with van der Waals surface area (Å²) in [5, 5.41) is 8.61. The van der Waals surface area contributed by atoms with E-state index in [4.69, 9.17) is 24.1 Å². The second-order valence-electron chi connectivity index (χ2n) is 3.73. The molecule has 0 spiro atoms. The largest absolute Gasteiger partial charge is 0.464 e. The van der Waals surface area contributed by atoms with Crippen LogP contribution in [-0.2, 0) is 23.7 Å². The molecular weight excluding hydrogens is 240 g/mol. The second-order valence-corrected chi connectivity index (χ2v) is 3.73. The van der Waals surface area contributed by atoms with E-state index in [0.29, 0.717) is 26.4 Å². The Bertz CT molecular complexity index is 209. The molecule has 0 aromatic carbocycles. The van der Waals surface area contributed by atoms with Crippen molar-refractivity contribution in [3.63, 3.8) is 0 Å². The first kappa shape index (κ1) is 17.3. The van der Waals surface area contributed by atoms with Crippen molar-refractivity contribution < 1.29 is 28.8 Å². The van der Waals surface area contributed by atoms with Crippen LogP contribution in [-0.4, -0.2) is 62.9 Å². The molecule has 0 aromatic rings. The fraction of sp³-hybridized carbons (Fsp3) is 0.917. The molecule has 0 fully saturated rings. The zero-order valence-electron chi connectivity index (χ0n) is 11.4. The topological polar surface area (TPSA) is 74.2 Å². The number of hydrogen-bond donors (Lipinski definition) is 1. The molecule has 1 N–H and O–H groups in total. The molecule has 6 nitrogen and oxygen atoms in total. The van der Waals surface area contributed by atoms with Gasteiger partial charge < -0.3 is 24.1 Å². The van der Waals surface area contributed by atoms with Crippen molar-refractivity contribution in [2.24, 2.45) is 0 Å². The van der Waals surface area contributed by atoms with Crippen LogP contribution in [0.25, 0.3) is 0 Å². The van der Waals surface area contributed by atoms with E-state index >= 15 is 0 Å². The Morgan fingerprint density at radius 3 is 2.28 bits per heavy atom. The van der Waals surface area contributed by atoms with Crippen LogP contribution in [0.2, 0.25) is 0 Å². The van der Waals surface area contributed by atoms with Gasteiger partial charge in [0, 0.05) is 0 Å². The lowest BCUT2D eigenvalue weighted by Gasteiger charge is -2.20. The average Bonchev–Trinajstić information content (AvgIpc) is 2.35. The minimum Gasteiger partial charge on any atom is -0.464 e. The Hall–Kier alpha value is -0.690. The lowest BCUT2D eigenvalue weighted by Crippen LogP contribution is -2.28. The predicted octanol–water partition coefficient (Wildman–Crippen LogP) is 0.369. The summed E-state index contributed by atoms with van der Waals surface area (Å²) >= 11 is 0. The van der Waals surface area contributed by atoms with Crippen LogP contribution >= 0.6 is 0 Å². The van der Waals surface area contributed by atoms with E-state index in [1.165, 1.54) is 0 Å². The highest BCUT2D eigenvalue weighted by Crippen LogP contribution is 2.02. The van der Waals surface area contributed by atoms with E-state index < -0.39 is 0 Å². The average molecular weight is 264 g/mol. The molecule has 0 saturated carbocycles. The van der Waals surface area contributed by atoms with Gasteiger partial charge in [0.1, 0.15) is 6.61 Å². The van der Waals surface area contributed by atoms with Gasteiger partial charge in [0.15, 0.2) is 0 Å². The summed E-state index contributed by atoms with van der Waals surface area (Å²) in [5.41, 5.74) is 0. The molecule has 0 heterocycles. The molecule has 6 heteroatoms. The number of carbonyl (C=O) groups is 1. The molecule has 108 valence electrons. The Morgan fingerprint density at radius 1 is 1.11 bits per heavy atom. The van der Waals surface area contributed by atoms with E-state index in [1.807, 2.05) is 13.8 Å². The molecule has 0 aromatic heterocycles. The Kier molecular flexibility index (Phi) is 11.0. The van der Waals surface area contributed by atoms with Crippen LogP contribution in [0.1, 0.15) is 20.8 Å². The second kappa shape index (κ2) is 11.4. The lowest BCUT2D eigenvalue weighted by atomic mass is 10.2. The third-order valence-electron chi connectivity index (χ3n) is 2.27. The molecule has 2 atom stereocenters. The molecular formula is C12H24O6. The summed E-state index contributed by atoms with van der Waals surface area (Å²) in [6.07, 6.45) is -0.190. The first-order valence-corrected chi connectivity index (χ1v) is 6.19. The number of esters is 1. The fourth-order valence-corrected chi connectivity index (χ4v) is 1.16. The summed E-state index contributed by atoms with van der Waals surface area (Å²) in [7, 11) is 0. The van der Waals surface area contributed by atoms with Gasteiger partial charge in [-0.3, -0.25) is 0 Å². The summed E-state index contributed by atoms with van der Waals surface area (Å²) in [5.74, 6) is -0.370. The maximum absolute atomic E-state index is 10.9. The molecule has 0 radical (unpaired) electrons. The zero-order chi connectivity index (χ0) is 13.8. The lowest BCUT2D eigenvalue weighted by molar-refractivity contribution is -0.149. The molecule has 0 aliphatic heterocycles. The van der Waals surface area contributed by atoms with Crippen LogP contribution in [0.4, 0.5) is 0 Å². The zero-order valence-corrected chi connectivity index (χ0v) is 11.4. The van der Waals surface area contributed by atoms with E-state index in [0.717, 1.165) is 0 Å². The molecule has 0 aliphatic rings. The van der Waals surface area contributed by atoms with Crippen molar-refractivity contribution in [2.75, 3.05) is 39.6 Å². The normalized spacial score (nSPS) is 14.2. The van der Waals surface area contributed by atoms with Crippen LogP contribution in [0, 0.1) is 0 Å². The summed E-state index contributed by atoms with van der Waals surface area (Å²) in [4.78, 5) is 10.9. The summed E-state index contributed by atoms with van der Waals surface area (Å²) < 4.78 is 20.5. The quantitative estimate of drug-likeness (QED) is 0.429. The van der Waals surface area contributed by atoms with Crippen molar-refractivity contribution in [1.82, 2.24) is 0 Å². The van der Waals surface area contributed by atoms with Gasteiger partial charge in [-0.2, -0.15) is 0 Å². The van der Waals surface area contributed by atoms with Gasteiger partial charge in [-0.05, 0) is 20.8 Å². The maximum atomic E-state index is 10.9. The van der Waals surface area contributed by atoms with Gasteiger partial charge in [-0.1, -0.05) is 0 Å². The maximum Gasteiger partial charge on any atom is 0.332 e. The van der Waals surface area contributed by atoms with Crippen molar-refractivity contribution in [2.45, 2.75) is 33.0 Å². The first-order chi connectivity index (χ1) is 8.61. The standard InChI is InChI=1S/C12H24O6/c1-4-16-12(14)9-15-7-8-18-11(3)10(2)17-6-5-13/h10-11,13H,4-9H2,1-3H3/t10-,11-/m1/s1. The highest BCUT2D eigenvalue weighted by Gasteiger charge is 2.12. The van der Waals surface area contributed by atoms with Gasteiger partial charge in [-0.15, -0.1) is 0 Å². The number of hydrogen-bond acceptors (Lipinski definition) is 6. The smallest absolute Gasteiger partial charge is 0.332 e. The van der Waals surface area contributed by atoms with Gasteiger partial charge in [0.05, 0.1) is 45.2 Å². The third kappa shape index (κ3) is 9.35. The monoisotopic (exact) mass is 264 g/mol. The van der Waals surface area contributed by atoms with Crippen molar-refractivity contribution in [1.29, 1.82) is 0 Å². The SMILES string of the molecule is CCOC(=O)COCCO[C@H](C)[C@@H](C)OCCO. The predicted molar refractivity (Wildman–Crippen MR) is 65.4 cm³/mol. The number of aliphatic hydroxyl groups excluding tert-OH is 1. The summed E-state index contributed by atoms with van der Waals surface area (Å²) in [6, 6.07) is 0. The van der Waals surface area contributed by atoms with Crippen molar-refractivity contribution in [3.05, 3.63) is 0 Å². The molecule has 0 saturated heterocycles. The minimum absolute atomic E-state index is 0.000286. The summed E-state index contributed by atoms with van der Waals surface area (Å²) in [6.45, 7) is 6.82. The van der Waals surface area contributed by atoms with Gasteiger partial charge in [0.25, 0.3) is 0 Å². The molecule has 18 heavy (non-hydrogen) atoms. The molecule has 0 unspecified atom stereocenters. The Labute approximate surface area is 108 Å². The van der Waals surface area contributed by atoms with Gasteiger partial charge >= 0.3 is 5.97 Å². The van der Waals surface area contributed by atoms with Gasteiger partial charge in [-0.25, -0.2) is 4.79 Å². The first-order valence-electron chi connectivity index (χ1n) is 6.19. The van der Waals surface area contributed by atoms with E-state index in [9.17, 15) is 4.79 Å². The highest BCUT2D eigenvalue weighted by molar-refractivity contribution is 5.70. The van der Waals surface area contributed by atoms with E-state index in [2.05, 4.69) is 0 Å². The Balaban J connectivity index is 3.44. The van der Waals surface area contributed by atoms with Crippen molar-refractivity contribution >= 4 is 5.97 Å². The molecule has 0 rings (SSSR count). The number of rotatable bonds is 11. The van der Waals surface area contributed by atoms with Crippen LogP contribution in [0.5, 0.6) is 0 Å².